The molecule has 0 aliphatic carbocycles. The van der Waals surface area contributed by atoms with Gasteiger partial charge in [-0.05, 0) is 69.5 Å². The van der Waals surface area contributed by atoms with E-state index in [1.807, 2.05) is 38.1 Å². The van der Waals surface area contributed by atoms with Crippen molar-refractivity contribution in [2.45, 2.75) is 52.0 Å². The first kappa shape index (κ1) is 24.5. The number of rotatable bonds is 8. The fourth-order valence-corrected chi connectivity index (χ4v) is 4.67. The predicted octanol–water partition coefficient (Wildman–Crippen LogP) is 5.47. The number of carbonyl (C=O) groups excluding carboxylic acids is 1. The molecule has 2 heterocycles. The standard InChI is InChI=1S/C28H34ClN3O2/c1-20(2)30-27(33)18-25-28(23-7-6-8-24(29)17-23)34-19-26(31-25)22-11-9-21(10-12-22)13-16-32-14-4-3-5-15-32/h6-12,17,20H,3-5,13-16,18-19H2,1-2H3,(H,30,33). The Bertz CT molecular complexity index is 1050. The second kappa shape index (κ2) is 11.7. The lowest BCUT2D eigenvalue weighted by Gasteiger charge is -2.26. The van der Waals surface area contributed by atoms with Crippen LogP contribution in [0.3, 0.4) is 0 Å². The van der Waals surface area contributed by atoms with Gasteiger partial charge in [-0.15, -0.1) is 0 Å². The van der Waals surface area contributed by atoms with Crippen molar-refractivity contribution in [1.29, 1.82) is 0 Å². The molecule has 180 valence electrons. The van der Waals surface area contributed by atoms with Gasteiger partial charge in [0.2, 0.25) is 5.91 Å². The number of piperidine rings is 1. The van der Waals surface area contributed by atoms with Crippen molar-refractivity contribution in [2.24, 2.45) is 4.99 Å². The molecule has 0 spiro atoms. The van der Waals surface area contributed by atoms with Gasteiger partial charge < -0.3 is 15.0 Å². The van der Waals surface area contributed by atoms with Gasteiger partial charge in [0.25, 0.3) is 0 Å². The number of hydrogen-bond acceptors (Lipinski definition) is 4. The van der Waals surface area contributed by atoms with Crippen LogP contribution in [0, 0.1) is 0 Å². The lowest BCUT2D eigenvalue weighted by Crippen LogP contribution is -2.31. The number of carbonyl (C=O) groups is 1. The van der Waals surface area contributed by atoms with Crippen molar-refractivity contribution in [3.05, 3.63) is 75.9 Å². The molecular weight excluding hydrogens is 446 g/mol. The molecule has 2 aromatic carbocycles. The van der Waals surface area contributed by atoms with Crippen molar-refractivity contribution in [3.8, 4) is 0 Å². The van der Waals surface area contributed by atoms with E-state index >= 15 is 0 Å². The van der Waals surface area contributed by atoms with Gasteiger partial charge in [-0.1, -0.05) is 54.4 Å². The Hall–Kier alpha value is -2.63. The largest absolute Gasteiger partial charge is 0.485 e. The molecule has 1 amide bonds. The predicted molar refractivity (Wildman–Crippen MR) is 139 cm³/mol. The number of halogens is 1. The van der Waals surface area contributed by atoms with Crippen molar-refractivity contribution < 1.29 is 9.53 Å². The molecule has 1 saturated heterocycles. The van der Waals surface area contributed by atoms with E-state index in [4.69, 9.17) is 21.3 Å². The summed E-state index contributed by atoms with van der Waals surface area (Å²) in [4.78, 5) is 20.0. The lowest BCUT2D eigenvalue weighted by molar-refractivity contribution is -0.120. The number of nitrogens with one attached hydrogen (secondary N) is 1. The Morgan fingerprint density at radius 3 is 2.56 bits per heavy atom. The highest BCUT2D eigenvalue weighted by molar-refractivity contribution is 6.30. The molecule has 0 unspecified atom stereocenters. The SMILES string of the molecule is CC(C)NC(=O)CC1=C(c2cccc(Cl)c2)OCC(c2ccc(CCN3CCCCC3)cc2)=N1. The quantitative estimate of drug-likeness (QED) is 0.546. The van der Waals surface area contributed by atoms with E-state index in [9.17, 15) is 4.79 Å². The Balaban J connectivity index is 1.53. The van der Waals surface area contributed by atoms with Crippen LogP contribution in [0.5, 0.6) is 0 Å². The second-order valence-corrected chi connectivity index (χ2v) is 9.82. The van der Waals surface area contributed by atoms with Gasteiger partial charge in [-0.2, -0.15) is 0 Å². The summed E-state index contributed by atoms with van der Waals surface area (Å²) in [6.07, 6.45) is 5.21. The van der Waals surface area contributed by atoms with E-state index in [1.165, 1.54) is 37.9 Å². The van der Waals surface area contributed by atoms with E-state index in [-0.39, 0.29) is 18.4 Å². The zero-order valence-electron chi connectivity index (χ0n) is 20.1. The molecule has 2 aromatic rings. The van der Waals surface area contributed by atoms with Gasteiger partial charge in [0.05, 0.1) is 17.8 Å². The third-order valence-electron chi connectivity index (χ3n) is 6.20. The van der Waals surface area contributed by atoms with Crippen LogP contribution in [0.25, 0.3) is 5.76 Å². The Labute approximate surface area is 207 Å². The molecule has 6 heteroatoms. The van der Waals surface area contributed by atoms with Crippen molar-refractivity contribution in [1.82, 2.24) is 10.2 Å². The summed E-state index contributed by atoms with van der Waals surface area (Å²) in [6.45, 7) is 7.81. The third-order valence-corrected chi connectivity index (χ3v) is 6.44. The molecule has 0 aromatic heterocycles. The van der Waals surface area contributed by atoms with Crippen LogP contribution in [-0.2, 0) is 16.0 Å². The summed E-state index contributed by atoms with van der Waals surface area (Å²) >= 11 is 6.20. The molecule has 0 radical (unpaired) electrons. The molecule has 5 nitrogen and oxygen atoms in total. The van der Waals surface area contributed by atoms with Crippen LogP contribution >= 0.6 is 11.6 Å². The summed E-state index contributed by atoms with van der Waals surface area (Å²) in [5, 5.41) is 3.57. The van der Waals surface area contributed by atoms with Crippen LogP contribution in [0.2, 0.25) is 5.02 Å². The molecule has 0 saturated carbocycles. The summed E-state index contributed by atoms with van der Waals surface area (Å²) in [5.41, 5.74) is 4.64. The minimum absolute atomic E-state index is 0.0631. The molecule has 4 rings (SSSR count). The molecule has 0 bridgehead atoms. The Morgan fingerprint density at radius 2 is 1.85 bits per heavy atom. The van der Waals surface area contributed by atoms with E-state index in [0.717, 1.165) is 29.8 Å². The van der Waals surface area contributed by atoms with Crippen LogP contribution in [0.4, 0.5) is 0 Å². The van der Waals surface area contributed by atoms with Gasteiger partial charge in [-0.3, -0.25) is 4.79 Å². The summed E-state index contributed by atoms with van der Waals surface area (Å²) in [7, 11) is 0. The van der Waals surface area contributed by atoms with E-state index in [2.05, 4.69) is 34.5 Å². The number of amides is 1. The highest BCUT2D eigenvalue weighted by Gasteiger charge is 2.22. The topological polar surface area (TPSA) is 53.9 Å². The van der Waals surface area contributed by atoms with Crippen molar-refractivity contribution in [3.63, 3.8) is 0 Å². The van der Waals surface area contributed by atoms with E-state index in [0.29, 0.717) is 23.1 Å². The highest BCUT2D eigenvalue weighted by atomic mass is 35.5. The summed E-state index contributed by atoms with van der Waals surface area (Å²) in [5.74, 6) is 0.537. The maximum Gasteiger partial charge on any atom is 0.226 e. The third kappa shape index (κ3) is 6.71. The van der Waals surface area contributed by atoms with E-state index in [1.54, 1.807) is 0 Å². The van der Waals surface area contributed by atoms with Gasteiger partial charge in [0, 0.05) is 23.2 Å². The average Bonchev–Trinajstić information content (AvgIpc) is 2.83. The van der Waals surface area contributed by atoms with Crippen molar-refractivity contribution in [2.75, 3.05) is 26.2 Å². The molecular formula is C28H34ClN3O2. The average molecular weight is 480 g/mol. The van der Waals surface area contributed by atoms with Crippen LogP contribution in [0.1, 0.15) is 56.2 Å². The number of benzene rings is 2. The monoisotopic (exact) mass is 479 g/mol. The molecule has 1 fully saturated rings. The number of ether oxygens (including phenoxy) is 1. The first-order chi connectivity index (χ1) is 16.5. The Morgan fingerprint density at radius 1 is 1.09 bits per heavy atom. The maximum absolute atomic E-state index is 12.6. The van der Waals surface area contributed by atoms with Gasteiger partial charge in [0.15, 0.2) is 0 Å². The molecule has 1 N–H and O–H groups in total. The van der Waals surface area contributed by atoms with Gasteiger partial charge in [-0.25, -0.2) is 4.99 Å². The van der Waals surface area contributed by atoms with Crippen LogP contribution in [0.15, 0.2) is 59.2 Å². The number of likely N-dealkylation sites (tertiary alicyclic amines) is 1. The number of aliphatic imine (C=N–C) groups is 1. The Kier molecular flexibility index (Phi) is 8.41. The lowest BCUT2D eigenvalue weighted by atomic mass is 10.0. The number of nitrogens with zero attached hydrogens (tertiary/aromatic N) is 2. The van der Waals surface area contributed by atoms with Crippen molar-refractivity contribution >= 4 is 29.0 Å². The minimum atomic E-state index is -0.0776. The smallest absolute Gasteiger partial charge is 0.226 e. The maximum atomic E-state index is 12.6. The fraction of sp³-hybridized carbons (Fsp3) is 0.429. The second-order valence-electron chi connectivity index (χ2n) is 9.38. The van der Waals surface area contributed by atoms with Gasteiger partial charge >= 0.3 is 0 Å². The molecule has 2 aliphatic heterocycles. The van der Waals surface area contributed by atoms with Crippen LogP contribution < -0.4 is 5.32 Å². The zero-order valence-corrected chi connectivity index (χ0v) is 20.9. The summed E-state index contributed by atoms with van der Waals surface area (Å²) in [6, 6.07) is 16.1. The van der Waals surface area contributed by atoms with Crippen LogP contribution in [-0.4, -0.2) is 48.8 Å². The minimum Gasteiger partial charge on any atom is -0.485 e. The normalized spacial score (nSPS) is 16.9. The van der Waals surface area contributed by atoms with E-state index < -0.39 is 0 Å². The first-order valence-electron chi connectivity index (χ1n) is 12.3. The molecule has 2 aliphatic rings. The molecule has 34 heavy (non-hydrogen) atoms. The number of hydrogen-bond donors (Lipinski definition) is 1. The molecule has 0 atom stereocenters. The highest BCUT2D eigenvalue weighted by Crippen LogP contribution is 2.29. The zero-order chi connectivity index (χ0) is 23.9. The first-order valence-corrected chi connectivity index (χ1v) is 12.7. The summed E-state index contributed by atoms with van der Waals surface area (Å²) < 4.78 is 6.17. The van der Waals surface area contributed by atoms with Gasteiger partial charge in [0.1, 0.15) is 12.4 Å². The fourth-order valence-electron chi connectivity index (χ4n) is 4.48.